The molecular formula is C23H27FN2O2. The Morgan fingerprint density at radius 1 is 0.929 bits per heavy atom. The second-order valence-corrected chi connectivity index (χ2v) is 7.57. The summed E-state index contributed by atoms with van der Waals surface area (Å²) in [4.78, 5) is 16.8. The van der Waals surface area contributed by atoms with E-state index >= 15 is 0 Å². The lowest BCUT2D eigenvalue weighted by atomic mass is 10.1. The van der Waals surface area contributed by atoms with Crippen molar-refractivity contribution in [1.82, 2.24) is 4.90 Å². The molecule has 1 aliphatic heterocycles. The normalized spacial score (nSPS) is 17.0. The molecule has 1 fully saturated rings. The van der Waals surface area contributed by atoms with Crippen LogP contribution in [0.2, 0.25) is 0 Å². The first-order chi connectivity index (χ1) is 13.7. The minimum absolute atomic E-state index is 0.186. The van der Waals surface area contributed by atoms with Gasteiger partial charge in [0.05, 0.1) is 12.2 Å². The molecule has 0 aromatic heterocycles. The van der Waals surface area contributed by atoms with Gasteiger partial charge in [-0.3, -0.25) is 9.69 Å². The molecule has 4 rings (SSSR count). The highest BCUT2D eigenvalue weighted by Crippen LogP contribution is 2.30. The van der Waals surface area contributed by atoms with Crippen LogP contribution in [0.3, 0.4) is 0 Å². The Balaban J connectivity index is 1.16. The largest absolute Gasteiger partial charge is 0.493 e. The first-order valence-corrected chi connectivity index (χ1v) is 10.2. The van der Waals surface area contributed by atoms with E-state index in [4.69, 9.17) is 4.74 Å². The van der Waals surface area contributed by atoms with Crippen LogP contribution in [0.4, 0.5) is 10.1 Å². The van der Waals surface area contributed by atoms with Gasteiger partial charge in [-0.15, -0.1) is 0 Å². The van der Waals surface area contributed by atoms with Crippen molar-refractivity contribution in [1.29, 1.82) is 0 Å². The highest BCUT2D eigenvalue weighted by atomic mass is 19.1. The Morgan fingerprint density at radius 3 is 2.50 bits per heavy atom. The Hall–Kier alpha value is -2.40. The summed E-state index contributed by atoms with van der Waals surface area (Å²) in [6.07, 6.45) is 3.52. The van der Waals surface area contributed by atoms with Crippen molar-refractivity contribution in [2.75, 3.05) is 44.2 Å². The first-order valence-electron chi connectivity index (χ1n) is 10.2. The van der Waals surface area contributed by atoms with Crippen LogP contribution in [0.1, 0.15) is 35.2 Å². The molecule has 5 heteroatoms. The van der Waals surface area contributed by atoms with Gasteiger partial charge in [0, 0.05) is 38.3 Å². The quantitative estimate of drug-likeness (QED) is 0.679. The van der Waals surface area contributed by atoms with Gasteiger partial charge in [0.2, 0.25) is 0 Å². The van der Waals surface area contributed by atoms with Crippen LogP contribution >= 0.6 is 0 Å². The Labute approximate surface area is 165 Å². The lowest BCUT2D eigenvalue weighted by Crippen LogP contribution is -2.46. The summed E-state index contributed by atoms with van der Waals surface area (Å²) in [5.41, 5.74) is 3.03. The van der Waals surface area contributed by atoms with Crippen LogP contribution in [0.15, 0.2) is 42.5 Å². The first kappa shape index (κ1) is 18.9. The maximum absolute atomic E-state index is 13.1. The van der Waals surface area contributed by atoms with E-state index in [0.29, 0.717) is 13.0 Å². The second kappa shape index (κ2) is 8.74. The van der Waals surface area contributed by atoms with Gasteiger partial charge in [-0.1, -0.05) is 12.1 Å². The zero-order valence-electron chi connectivity index (χ0n) is 16.2. The summed E-state index contributed by atoms with van der Waals surface area (Å²) in [5, 5.41) is 0. The maximum Gasteiger partial charge on any atom is 0.167 e. The standard InChI is InChI=1S/C23H27FN2O2/c24-19-7-9-20(10-8-19)26-15-13-25(14-16-26)12-1-2-17-28-22-5-3-4-18-6-11-21(27)23(18)22/h3-5,7-10H,1-2,6,11-17H2. The van der Waals surface area contributed by atoms with E-state index in [-0.39, 0.29) is 11.6 Å². The smallest absolute Gasteiger partial charge is 0.167 e. The van der Waals surface area contributed by atoms with Crippen molar-refractivity contribution in [2.45, 2.75) is 25.7 Å². The van der Waals surface area contributed by atoms with Crippen molar-refractivity contribution < 1.29 is 13.9 Å². The lowest BCUT2D eigenvalue weighted by molar-refractivity contribution is 0.0991. The number of benzene rings is 2. The molecule has 2 aromatic rings. The predicted octanol–water partition coefficient (Wildman–Crippen LogP) is 3.94. The number of nitrogens with zero attached hydrogens (tertiary/aromatic N) is 2. The fourth-order valence-electron chi connectivity index (χ4n) is 4.10. The van der Waals surface area contributed by atoms with Crippen LogP contribution in [-0.4, -0.2) is 50.0 Å². The molecule has 2 aromatic carbocycles. The molecule has 0 radical (unpaired) electrons. The zero-order valence-corrected chi connectivity index (χ0v) is 16.2. The zero-order chi connectivity index (χ0) is 19.3. The summed E-state index contributed by atoms with van der Waals surface area (Å²) in [7, 11) is 0. The highest BCUT2D eigenvalue weighted by molar-refractivity contribution is 6.02. The monoisotopic (exact) mass is 382 g/mol. The molecule has 1 aliphatic carbocycles. The number of fused-ring (bicyclic) bond motifs is 1. The Kier molecular flexibility index (Phi) is 5.91. The average Bonchev–Trinajstić information content (AvgIpc) is 3.11. The minimum Gasteiger partial charge on any atom is -0.493 e. The van der Waals surface area contributed by atoms with Gasteiger partial charge < -0.3 is 9.64 Å². The highest BCUT2D eigenvalue weighted by Gasteiger charge is 2.23. The summed E-state index contributed by atoms with van der Waals surface area (Å²) in [6.45, 7) is 5.71. The minimum atomic E-state index is -0.186. The van der Waals surface area contributed by atoms with Crippen molar-refractivity contribution in [3.8, 4) is 5.75 Å². The van der Waals surface area contributed by atoms with Gasteiger partial charge in [0.1, 0.15) is 11.6 Å². The van der Waals surface area contributed by atoms with E-state index in [9.17, 15) is 9.18 Å². The molecule has 1 saturated heterocycles. The number of Topliss-reactive ketones (excluding diaryl/α,β-unsaturated/α-hetero) is 1. The number of aryl methyl sites for hydroxylation is 1. The summed E-state index contributed by atoms with van der Waals surface area (Å²) in [5.74, 6) is 0.784. The molecule has 1 heterocycles. The van der Waals surface area contributed by atoms with Crippen LogP contribution in [0.5, 0.6) is 5.75 Å². The van der Waals surface area contributed by atoms with Gasteiger partial charge in [0.15, 0.2) is 5.78 Å². The van der Waals surface area contributed by atoms with Gasteiger partial charge in [-0.05, 0) is 61.7 Å². The van der Waals surface area contributed by atoms with E-state index in [1.807, 2.05) is 30.3 Å². The number of unbranched alkanes of at least 4 members (excludes halogenated alkanes) is 1. The SMILES string of the molecule is O=C1CCc2cccc(OCCCCN3CCN(c4ccc(F)cc4)CC3)c21. The van der Waals surface area contributed by atoms with Crippen LogP contribution < -0.4 is 9.64 Å². The molecule has 2 aliphatic rings. The number of halogens is 1. The number of rotatable bonds is 7. The molecule has 0 amide bonds. The second-order valence-electron chi connectivity index (χ2n) is 7.57. The molecule has 0 atom stereocenters. The van der Waals surface area contributed by atoms with E-state index < -0.39 is 0 Å². The van der Waals surface area contributed by atoms with Crippen LogP contribution in [-0.2, 0) is 6.42 Å². The molecule has 0 spiro atoms. The van der Waals surface area contributed by atoms with E-state index in [2.05, 4.69) is 9.80 Å². The molecule has 4 nitrogen and oxygen atoms in total. The Morgan fingerprint density at radius 2 is 1.71 bits per heavy atom. The third-order valence-corrected chi connectivity index (χ3v) is 5.70. The van der Waals surface area contributed by atoms with Gasteiger partial charge >= 0.3 is 0 Å². The molecule has 148 valence electrons. The number of hydrogen-bond acceptors (Lipinski definition) is 4. The summed E-state index contributed by atoms with van der Waals surface area (Å²) in [6, 6.07) is 12.7. The van der Waals surface area contributed by atoms with Crippen molar-refractivity contribution in [3.63, 3.8) is 0 Å². The summed E-state index contributed by atoms with van der Waals surface area (Å²) < 4.78 is 19.0. The van der Waals surface area contributed by atoms with Gasteiger partial charge in [0.25, 0.3) is 0 Å². The number of ketones is 1. The third-order valence-electron chi connectivity index (χ3n) is 5.70. The van der Waals surface area contributed by atoms with E-state index in [1.54, 1.807) is 0 Å². The number of ether oxygens (including phenoxy) is 1. The maximum atomic E-state index is 13.1. The predicted molar refractivity (Wildman–Crippen MR) is 109 cm³/mol. The van der Waals surface area contributed by atoms with Crippen molar-refractivity contribution in [2.24, 2.45) is 0 Å². The van der Waals surface area contributed by atoms with Crippen LogP contribution in [0.25, 0.3) is 0 Å². The molecular weight excluding hydrogens is 355 g/mol. The van der Waals surface area contributed by atoms with E-state index in [0.717, 1.165) is 74.6 Å². The van der Waals surface area contributed by atoms with E-state index in [1.165, 1.54) is 12.1 Å². The van der Waals surface area contributed by atoms with Crippen molar-refractivity contribution in [3.05, 3.63) is 59.4 Å². The van der Waals surface area contributed by atoms with Crippen LogP contribution in [0, 0.1) is 5.82 Å². The lowest BCUT2D eigenvalue weighted by Gasteiger charge is -2.36. The molecule has 28 heavy (non-hydrogen) atoms. The number of anilines is 1. The fraction of sp³-hybridized carbons (Fsp3) is 0.435. The number of carbonyl (C=O) groups is 1. The molecule has 0 bridgehead atoms. The average molecular weight is 382 g/mol. The van der Waals surface area contributed by atoms with Gasteiger partial charge in [-0.2, -0.15) is 0 Å². The number of hydrogen-bond donors (Lipinski definition) is 0. The number of piperazine rings is 1. The van der Waals surface area contributed by atoms with Gasteiger partial charge in [-0.25, -0.2) is 4.39 Å². The van der Waals surface area contributed by atoms with Crippen molar-refractivity contribution >= 4 is 11.5 Å². The molecule has 0 unspecified atom stereocenters. The third kappa shape index (κ3) is 4.36. The molecule has 0 N–H and O–H groups in total. The summed E-state index contributed by atoms with van der Waals surface area (Å²) >= 11 is 0. The topological polar surface area (TPSA) is 32.8 Å². The molecule has 0 saturated carbocycles. The Bertz CT molecular complexity index is 814. The number of carbonyl (C=O) groups excluding carboxylic acids is 1. The fourth-order valence-corrected chi connectivity index (χ4v) is 4.10.